The lowest BCUT2D eigenvalue weighted by Gasteiger charge is -2.18. The van der Waals surface area contributed by atoms with Crippen LogP contribution in [-0.4, -0.2) is 26.2 Å². The highest BCUT2D eigenvalue weighted by atomic mass is 31.3. The lowest BCUT2D eigenvalue weighted by molar-refractivity contribution is 0.164. The zero-order valence-corrected chi connectivity index (χ0v) is 17.7. The maximum absolute atomic E-state index is 11.9. The average molecular weight is 440 g/mol. The minimum atomic E-state index is -5.31. The third-order valence-corrected chi connectivity index (χ3v) is 7.21. The van der Waals surface area contributed by atoms with Gasteiger partial charge >= 0.3 is 23.5 Å². The van der Waals surface area contributed by atoms with E-state index in [1.807, 2.05) is 0 Å². The molecule has 0 saturated heterocycles. The summed E-state index contributed by atoms with van der Waals surface area (Å²) in [6.07, 6.45) is 11.6. The third-order valence-electron chi connectivity index (χ3n) is 3.41. The van der Waals surface area contributed by atoms with E-state index in [0.717, 1.165) is 19.3 Å². The molecule has 0 heterocycles. The van der Waals surface area contributed by atoms with Crippen molar-refractivity contribution in [1.82, 2.24) is 0 Å². The summed E-state index contributed by atoms with van der Waals surface area (Å²) in [6.45, 7) is 1.91. The first-order valence-corrected chi connectivity index (χ1v) is 13.3. The van der Waals surface area contributed by atoms with Gasteiger partial charge in [0.2, 0.25) is 0 Å². The minimum Gasteiger partial charge on any atom is -0.302 e. The standard InChI is InChI=1S/C13H31O10P3/c1-2-3-4-5-6-7-8-9-10-11-12-13-21-26(20,22-24(14,15)16)23-25(17,18)19/h2-13H2,1H3,(H2,14,15,16)(H2,17,18,19). The van der Waals surface area contributed by atoms with Crippen molar-refractivity contribution in [1.29, 1.82) is 0 Å². The van der Waals surface area contributed by atoms with Gasteiger partial charge in [-0.1, -0.05) is 71.1 Å². The second-order valence-corrected chi connectivity index (χ2v) is 10.4. The monoisotopic (exact) mass is 440 g/mol. The molecule has 0 fully saturated rings. The van der Waals surface area contributed by atoms with E-state index >= 15 is 0 Å². The Morgan fingerprint density at radius 2 is 0.962 bits per heavy atom. The van der Waals surface area contributed by atoms with Crippen molar-refractivity contribution in [2.45, 2.75) is 77.6 Å². The van der Waals surface area contributed by atoms with Crippen LogP contribution in [0.1, 0.15) is 77.6 Å². The zero-order valence-electron chi connectivity index (χ0n) is 15.1. The molecule has 0 saturated carbocycles. The van der Waals surface area contributed by atoms with Crippen LogP contribution in [0.2, 0.25) is 0 Å². The van der Waals surface area contributed by atoms with Gasteiger partial charge in [0.15, 0.2) is 0 Å². The molecule has 0 aliphatic rings. The number of rotatable bonds is 17. The van der Waals surface area contributed by atoms with Crippen molar-refractivity contribution in [3.05, 3.63) is 0 Å². The molecule has 0 aliphatic carbocycles. The summed E-state index contributed by atoms with van der Waals surface area (Å²) < 4.78 is 45.5. The first kappa shape index (κ1) is 26.4. The predicted octanol–water partition coefficient (Wildman–Crippen LogP) is 4.64. The van der Waals surface area contributed by atoms with E-state index in [4.69, 9.17) is 19.6 Å². The van der Waals surface area contributed by atoms with Crippen LogP contribution in [0.25, 0.3) is 0 Å². The molecule has 10 nitrogen and oxygen atoms in total. The third kappa shape index (κ3) is 17.8. The van der Waals surface area contributed by atoms with Gasteiger partial charge < -0.3 is 19.6 Å². The molecule has 13 heteroatoms. The van der Waals surface area contributed by atoms with Crippen molar-refractivity contribution >= 4 is 23.5 Å². The SMILES string of the molecule is CCCCCCCCCCCCCOP(=O)(OP(=O)(O)O)OP(=O)(O)O. The van der Waals surface area contributed by atoms with Crippen molar-refractivity contribution in [3.63, 3.8) is 0 Å². The molecular weight excluding hydrogens is 409 g/mol. The van der Waals surface area contributed by atoms with Gasteiger partial charge in [-0.25, -0.2) is 13.7 Å². The lowest BCUT2D eigenvalue weighted by Crippen LogP contribution is -2.00. The molecule has 0 amide bonds. The molecule has 4 N–H and O–H groups in total. The molecule has 0 aromatic heterocycles. The van der Waals surface area contributed by atoms with Crippen molar-refractivity contribution in [2.24, 2.45) is 0 Å². The van der Waals surface area contributed by atoms with Gasteiger partial charge in [-0.05, 0) is 6.42 Å². The molecule has 26 heavy (non-hydrogen) atoms. The summed E-state index contributed by atoms with van der Waals surface area (Å²) in [7, 11) is -15.7. The molecule has 0 aromatic carbocycles. The fourth-order valence-corrected chi connectivity index (χ4v) is 5.47. The van der Waals surface area contributed by atoms with Gasteiger partial charge in [0.05, 0.1) is 6.61 Å². The van der Waals surface area contributed by atoms with Gasteiger partial charge in [-0.15, -0.1) is 0 Å². The molecule has 0 unspecified atom stereocenters. The molecular formula is C13H31O10P3. The average Bonchev–Trinajstić information content (AvgIpc) is 2.44. The predicted molar refractivity (Wildman–Crippen MR) is 96.3 cm³/mol. The van der Waals surface area contributed by atoms with Crippen molar-refractivity contribution in [3.8, 4) is 0 Å². The molecule has 0 radical (unpaired) electrons. The fourth-order valence-electron chi connectivity index (χ4n) is 2.27. The second-order valence-electron chi connectivity index (χ2n) is 5.96. The van der Waals surface area contributed by atoms with Gasteiger partial charge in [0, 0.05) is 0 Å². The summed E-state index contributed by atoms with van der Waals surface area (Å²) in [5.74, 6) is 0. The number of hydrogen-bond donors (Lipinski definition) is 4. The van der Waals surface area contributed by atoms with E-state index in [-0.39, 0.29) is 6.61 Å². The summed E-state index contributed by atoms with van der Waals surface area (Å²) in [5.41, 5.74) is 0. The Bertz CT molecular complexity index is 472. The first-order chi connectivity index (χ1) is 12.0. The van der Waals surface area contributed by atoms with Crippen LogP contribution in [-0.2, 0) is 26.8 Å². The molecule has 0 spiro atoms. The Morgan fingerprint density at radius 1 is 0.615 bits per heavy atom. The van der Waals surface area contributed by atoms with E-state index in [1.54, 1.807) is 0 Å². The maximum Gasteiger partial charge on any atom is 0.492 e. The van der Waals surface area contributed by atoms with E-state index in [9.17, 15) is 13.7 Å². The Morgan fingerprint density at radius 3 is 1.31 bits per heavy atom. The Kier molecular flexibility index (Phi) is 13.8. The quantitative estimate of drug-likeness (QED) is 0.185. The summed E-state index contributed by atoms with van der Waals surface area (Å²) in [6, 6.07) is 0. The van der Waals surface area contributed by atoms with Crippen LogP contribution in [0.15, 0.2) is 0 Å². The highest BCUT2D eigenvalue weighted by Crippen LogP contribution is 2.67. The summed E-state index contributed by atoms with van der Waals surface area (Å²) in [4.78, 5) is 34.6. The van der Waals surface area contributed by atoms with E-state index < -0.39 is 23.5 Å². The minimum absolute atomic E-state index is 0.270. The van der Waals surface area contributed by atoms with Gasteiger partial charge in [0.25, 0.3) is 0 Å². The number of hydrogen-bond acceptors (Lipinski definition) is 6. The first-order valence-electron chi connectivity index (χ1n) is 8.76. The topological polar surface area (TPSA) is 160 Å². The van der Waals surface area contributed by atoms with E-state index in [2.05, 4.69) is 20.1 Å². The fraction of sp³-hybridized carbons (Fsp3) is 1.00. The van der Waals surface area contributed by atoms with Gasteiger partial charge in [-0.2, -0.15) is 8.62 Å². The molecule has 0 atom stereocenters. The summed E-state index contributed by atoms with van der Waals surface area (Å²) in [5, 5.41) is 0. The van der Waals surface area contributed by atoms with Crippen LogP contribution >= 0.6 is 23.5 Å². The van der Waals surface area contributed by atoms with Crippen LogP contribution in [0, 0.1) is 0 Å². The lowest BCUT2D eigenvalue weighted by atomic mass is 10.1. The van der Waals surface area contributed by atoms with Crippen LogP contribution < -0.4 is 0 Å². The number of phosphoric acid groups is 3. The molecule has 0 aromatic rings. The van der Waals surface area contributed by atoms with E-state index in [0.29, 0.717) is 12.8 Å². The molecule has 158 valence electrons. The normalized spacial score (nSPS) is 13.3. The number of unbranched alkanes of at least 4 members (excludes halogenated alkanes) is 10. The molecule has 0 rings (SSSR count). The van der Waals surface area contributed by atoms with Crippen LogP contribution in [0.4, 0.5) is 0 Å². The smallest absolute Gasteiger partial charge is 0.302 e. The highest BCUT2D eigenvalue weighted by Gasteiger charge is 2.41. The van der Waals surface area contributed by atoms with Crippen LogP contribution in [0.3, 0.4) is 0 Å². The Labute approximate surface area is 154 Å². The summed E-state index contributed by atoms with van der Waals surface area (Å²) >= 11 is 0. The Balaban J connectivity index is 3.91. The maximum atomic E-state index is 11.9. The van der Waals surface area contributed by atoms with Crippen molar-refractivity contribution in [2.75, 3.05) is 6.61 Å². The molecule has 0 bridgehead atoms. The Hall–Kier alpha value is 0.410. The van der Waals surface area contributed by atoms with Gasteiger partial charge in [-0.3, -0.25) is 4.52 Å². The van der Waals surface area contributed by atoms with Gasteiger partial charge in [0.1, 0.15) is 0 Å². The zero-order chi connectivity index (χ0) is 20.1. The molecule has 0 aliphatic heterocycles. The van der Waals surface area contributed by atoms with Crippen molar-refractivity contribution < 1.29 is 46.4 Å². The largest absolute Gasteiger partial charge is 0.492 e. The van der Waals surface area contributed by atoms with E-state index in [1.165, 1.54) is 38.5 Å². The van der Waals surface area contributed by atoms with Crippen LogP contribution in [0.5, 0.6) is 0 Å². The highest BCUT2D eigenvalue weighted by molar-refractivity contribution is 7.66. The second kappa shape index (κ2) is 13.6.